The maximum absolute atomic E-state index is 12.9. The molecule has 0 spiro atoms. The van der Waals surface area contributed by atoms with Gasteiger partial charge in [0.15, 0.2) is 0 Å². The van der Waals surface area contributed by atoms with Crippen molar-refractivity contribution in [3.05, 3.63) is 110 Å². The molecule has 1 unspecified atom stereocenters. The molecule has 4 aromatic rings. The number of anilines is 1. The summed E-state index contributed by atoms with van der Waals surface area (Å²) in [6.45, 7) is 2.71. The van der Waals surface area contributed by atoms with Gasteiger partial charge in [-0.3, -0.25) is 24.6 Å². The number of hydrogen-bond donors (Lipinski definition) is 3. The largest absolute Gasteiger partial charge is 0.392 e. The average Bonchev–Trinajstić information content (AvgIpc) is 3.40. The first kappa shape index (κ1) is 28.5. The van der Waals surface area contributed by atoms with Gasteiger partial charge in [0.2, 0.25) is 0 Å². The van der Waals surface area contributed by atoms with E-state index in [-0.39, 0.29) is 29.8 Å². The minimum atomic E-state index is -0.474. The first-order valence-electron chi connectivity index (χ1n) is 13.5. The van der Waals surface area contributed by atoms with E-state index in [1.54, 1.807) is 36.4 Å². The molecular formula is C31H30N6O5. The predicted molar refractivity (Wildman–Crippen MR) is 159 cm³/mol. The summed E-state index contributed by atoms with van der Waals surface area (Å²) in [5.41, 5.74) is 3.09. The number of nitrogens with one attached hydrogen (secondary N) is 2. The van der Waals surface area contributed by atoms with Gasteiger partial charge in [0.05, 0.1) is 35.0 Å². The maximum Gasteiger partial charge on any atom is 0.269 e. The number of nitrogens with zero attached hydrogens (tertiary/aromatic N) is 4. The number of aromatic nitrogens is 2. The molecule has 11 nitrogen and oxygen atoms in total. The van der Waals surface area contributed by atoms with Crippen LogP contribution in [0, 0.1) is 22.5 Å². The molecular weight excluding hydrogens is 536 g/mol. The molecule has 0 radical (unpaired) electrons. The Kier molecular flexibility index (Phi) is 8.57. The van der Waals surface area contributed by atoms with Gasteiger partial charge in [-0.05, 0) is 53.9 Å². The first-order valence-corrected chi connectivity index (χ1v) is 13.5. The number of aliphatic hydroxyl groups is 1. The zero-order valence-electron chi connectivity index (χ0n) is 22.8. The Labute approximate surface area is 242 Å². The lowest BCUT2D eigenvalue weighted by Gasteiger charge is -2.23. The van der Waals surface area contributed by atoms with Crippen LogP contribution < -0.4 is 15.8 Å². The summed E-state index contributed by atoms with van der Waals surface area (Å²) in [5.74, 6) is 2.92. The summed E-state index contributed by atoms with van der Waals surface area (Å²) in [4.78, 5) is 47.6. The Morgan fingerprint density at radius 3 is 2.71 bits per heavy atom. The van der Waals surface area contributed by atoms with Gasteiger partial charge in [0, 0.05) is 49.6 Å². The van der Waals surface area contributed by atoms with E-state index in [0.717, 1.165) is 17.8 Å². The van der Waals surface area contributed by atoms with E-state index in [1.165, 1.54) is 12.1 Å². The number of nitro benzene ring substituents is 1. The van der Waals surface area contributed by atoms with E-state index in [1.807, 2.05) is 23.1 Å². The molecule has 1 aliphatic heterocycles. The van der Waals surface area contributed by atoms with Crippen molar-refractivity contribution in [1.29, 1.82) is 0 Å². The number of non-ortho nitro benzene ring substituents is 1. The highest BCUT2D eigenvalue weighted by atomic mass is 16.6. The summed E-state index contributed by atoms with van der Waals surface area (Å²) in [6.07, 6.45) is 6.02. The van der Waals surface area contributed by atoms with Crippen LogP contribution in [0.4, 0.5) is 11.4 Å². The number of hydrogen-bond acceptors (Lipinski definition) is 8. The number of carbonyl (C=O) groups excluding carboxylic acids is 1. The molecule has 11 heteroatoms. The fraction of sp³-hybridized carbons (Fsp3) is 0.258. The number of nitro groups is 1. The predicted octanol–water partition coefficient (Wildman–Crippen LogP) is 2.97. The number of terminal acetylenes is 1. The topological polar surface area (TPSA) is 145 Å². The number of aliphatic hydroxyl groups excluding tert-OH is 1. The number of amides is 1. The Balaban J connectivity index is 1.25. The van der Waals surface area contributed by atoms with Gasteiger partial charge < -0.3 is 20.3 Å². The van der Waals surface area contributed by atoms with Crippen molar-refractivity contribution >= 4 is 28.2 Å². The second-order valence-corrected chi connectivity index (χ2v) is 10.3. The third-order valence-corrected chi connectivity index (χ3v) is 7.16. The van der Waals surface area contributed by atoms with Crippen LogP contribution in [-0.2, 0) is 19.6 Å². The molecule has 1 amide bonds. The van der Waals surface area contributed by atoms with Crippen LogP contribution in [0.15, 0.2) is 71.5 Å². The standard InChI is InChI=1S/C31H30N6O5/c1-2-13-36(24-9-7-23(8-10-24)30(39)32-17-21-4-3-5-25(15-21)37(41)42)18-22-6-11-28-27(16-22)31(40)34-29(33-28)20-35-14-12-26(38)19-35/h1,3-11,15-16,26,38H,12-14,17-20H2,(H,32,39)(H,33,34,40). The lowest BCUT2D eigenvalue weighted by Crippen LogP contribution is -2.25. The van der Waals surface area contributed by atoms with Crippen molar-refractivity contribution in [3.8, 4) is 12.3 Å². The molecule has 1 aromatic heterocycles. The van der Waals surface area contributed by atoms with E-state index >= 15 is 0 Å². The quantitative estimate of drug-likeness (QED) is 0.151. The lowest BCUT2D eigenvalue weighted by molar-refractivity contribution is -0.384. The zero-order valence-corrected chi connectivity index (χ0v) is 22.8. The molecule has 1 atom stereocenters. The van der Waals surface area contributed by atoms with E-state index < -0.39 is 4.92 Å². The third-order valence-electron chi connectivity index (χ3n) is 7.16. The summed E-state index contributed by atoms with van der Waals surface area (Å²) >= 11 is 0. The van der Waals surface area contributed by atoms with Gasteiger partial charge in [0.25, 0.3) is 17.2 Å². The maximum atomic E-state index is 12.9. The molecule has 0 saturated carbocycles. The van der Waals surface area contributed by atoms with Crippen LogP contribution in [0.1, 0.15) is 33.7 Å². The summed E-state index contributed by atoms with van der Waals surface area (Å²) in [5, 5.41) is 24.0. The van der Waals surface area contributed by atoms with Gasteiger partial charge in [-0.2, -0.15) is 0 Å². The monoisotopic (exact) mass is 566 g/mol. The minimum absolute atomic E-state index is 0.0317. The molecule has 0 bridgehead atoms. The Hall–Kier alpha value is -5.05. The van der Waals surface area contributed by atoms with Crippen molar-refractivity contribution in [2.75, 3.05) is 24.5 Å². The number of carbonyl (C=O) groups is 1. The second kappa shape index (κ2) is 12.6. The first-order chi connectivity index (χ1) is 20.3. The Bertz CT molecular complexity index is 1710. The number of aromatic amines is 1. The van der Waals surface area contributed by atoms with Crippen LogP contribution in [0.2, 0.25) is 0 Å². The highest BCUT2D eigenvalue weighted by Crippen LogP contribution is 2.21. The molecule has 2 heterocycles. The van der Waals surface area contributed by atoms with E-state index in [9.17, 15) is 24.8 Å². The van der Waals surface area contributed by atoms with Crippen molar-refractivity contribution in [3.63, 3.8) is 0 Å². The van der Waals surface area contributed by atoms with Crippen LogP contribution >= 0.6 is 0 Å². The zero-order chi connectivity index (χ0) is 29.6. The normalized spacial score (nSPS) is 14.9. The van der Waals surface area contributed by atoms with Gasteiger partial charge in [0.1, 0.15) is 5.82 Å². The van der Waals surface area contributed by atoms with Gasteiger partial charge in [-0.1, -0.05) is 24.1 Å². The second-order valence-electron chi connectivity index (χ2n) is 10.3. The number of rotatable bonds is 10. The molecule has 1 saturated heterocycles. The minimum Gasteiger partial charge on any atom is -0.392 e. The molecule has 1 fully saturated rings. The SMILES string of the molecule is C#CCN(Cc1ccc2nc(CN3CCC(O)C3)[nH]c(=O)c2c1)c1ccc(C(=O)NCc2cccc([N+](=O)[O-])c2)cc1. The average molecular weight is 567 g/mol. The summed E-state index contributed by atoms with van der Waals surface area (Å²) in [6, 6.07) is 18.7. The van der Waals surface area contributed by atoms with Crippen molar-refractivity contribution in [2.24, 2.45) is 0 Å². The molecule has 0 aliphatic carbocycles. The van der Waals surface area contributed by atoms with Gasteiger partial charge in [-0.15, -0.1) is 6.42 Å². The molecule has 214 valence electrons. The highest BCUT2D eigenvalue weighted by Gasteiger charge is 2.21. The third kappa shape index (κ3) is 6.80. The molecule has 3 aromatic carbocycles. The molecule has 42 heavy (non-hydrogen) atoms. The molecule has 1 aliphatic rings. The fourth-order valence-electron chi connectivity index (χ4n) is 5.03. The molecule has 3 N–H and O–H groups in total. The number of β-amino-alcohol motifs (C(OH)–C–C–N with tert-alkyl or cyclic N) is 1. The van der Waals surface area contributed by atoms with E-state index in [0.29, 0.717) is 60.5 Å². The smallest absolute Gasteiger partial charge is 0.269 e. The summed E-state index contributed by atoms with van der Waals surface area (Å²) in [7, 11) is 0. The number of fused-ring (bicyclic) bond motifs is 1. The Morgan fingerprint density at radius 1 is 1.19 bits per heavy atom. The van der Waals surface area contributed by atoms with E-state index in [4.69, 9.17) is 6.42 Å². The fourth-order valence-corrected chi connectivity index (χ4v) is 5.03. The van der Waals surface area contributed by atoms with Crippen LogP contribution in [0.3, 0.4) is 0 Å². The van der Waals surface area contributed by atoms with Crippen molar-refractivity contribution in [1.82, 2.24) is 20.2 Å². The number of benzene rings is 3. The van der Waals surface area contributed by atoms with Crippen molar-refractivity contribution < 1.29 is 14.8 Å². The van der Waals surface area contributed by atoms with Gasteiger partial charge in [-0.25, -0.2) is 4.98 Å². The summed E-state index contributed by atoms with van der Waals surface area (Å²) < 4.78 is 0. The number of likely N-dealkylation sites (tertiary alicyclic amines) is 1. The van der Waals surface area contributed by atoms with Crippen LogP contribution in [-0.4, -0.2) is 56.5 Å². The van der Waals surface area contributed by atoms with Crippen LogP contribution in [0.25, 0.3) is 10.9 Å². The van der Waals surface area contributed by atoms with E-state index in [2.05, 4.69) is 26.1 Å². The lowest BCUT2D eigenvalue weighted by atomic mass is 10.1. The van der Waals surface area contributed by atoms with Gasteiger partial charge >= 0.3 is 0 Å². The molecule has 5 rings (SSSR count). The Morgan fingerprint density at radius 2 is 2.00 bits per heavy atom. The van der Waals surface area contributed by atoms with Crippen LogP contribution in [0.5, 0.6) is 0 Å². The van der Waals surface area contributed by atoms with Crippen molar-refractivity contribution in [2.45, 2.75) is 32.2 Å². The highest BCUT2D eigenvalue weighted by molar-refractivity contribution is 5.94. The number of H-pyrrole nitrogens is 1.